The predicted octanol–water partition coefficient (Wildman–Crippen LogP) is 3.63. The van der Waals surface area contributed by atoms with E-state index in [2.05, 4.69) is 11.9 Å². The molecule has 5 nitrogen and oxygen atoms in total. The van der Waals surface area contributed by atoms with Gasteiger partial charge in [-0.25, -0.2) is 4.98 Å². The predicted molar refractivity (Wildman–Crippen MR) is 87.3 cm³/mol. The number of hydrogen-bond donors (Lipinski definition) is 2. The molecule has 0 bridgehead atoms. The van der Waals surface area contributed by atoms with Gasteiger partial charge in [-0.15, -0.1) is 11.3 Å². The number of nitrogens with zero attached hydrogens (tertiary/aromatic N) is 2. The van der Waals surface area contributed by atoms with Crippen LogP contribution in [0.2, 0.25) is 0 Å². The zero-order chi connectivity index (χ0) is 15.7. The van der Waals surface area contributed by atoms with Crippen molar-refractivity contribution in [1.29, 1.82) is 5.41 Å². The maximum absolute atomic E-state index is 10.2. The molecule has 2 N–H and O–H groups in total. The van der Waals surface area contributed by atoms with Gasteiger partial charge < -0.3 is 14.4 Å². The second-order valence-electron chi connectivity index (χ2n) is 5.56. The minimum absolute atomic E-state index is 0.151. The molecule has 1 aliphatic heterocycles. The van der Waals surface area contributed by atoms with Crippen LogP contribution in [0.15, 0.2) is 34.0 Å². The monoisotopic (exact) mass is 317 g/mol. The lowest BCUT2D eigenvalue weighted by molar-refractivity contribution is 0.293. The van der Waals surface area contributed by atoms with E-state index in [1.165, 1.54) is 11.3 Å². The Morgan fingerprint density at radius 2 is 2.36 bits per heavy atom. The van der Waals surface area contributed by atoms with E-state index in [1.54, 1.807) is 6.26 Å². The van der Waals surface area contributed by atoms with Crippen LogP contribution in [0.1, 0.15) is 29.8 Å². The van der Waals surface area contributed by atoms with E-state index in [1.807, 2.05) is 29.3 Å². The number of aromatic nitrogens is 1. The van der Waals surface area contributed by atoms with Gasteiger partial charge in [0.15, 0.2) is 0 Å². The van der Waals surface area contributed by atoms with Crippen molar-refractivity contribution in [2.45, 2.75) is 32.7 Å². The Kier molecular flexibility index (Phi) is 4.02. The topological polar surface area (TPSA) is 73.3 Å². The molecule has 2 aromatic heterocycles. The van der Waals surface area contributed by atoms with Crippen molar-refractivity contribution in [1.82, 2.24) is 9.88 Å². The van der Waals surface area contributed by atoms with E-state index in [4.69, 9.17) is 9.83 Å². The Bertz CT molecular complexity index is 703. The first kappa shape index (κ1) is 14.8. The van der Waals surface area contributed by atoms with Gasteiger partial charge in [0.25, 0.3) is 0 Å². The van der Waals surface area contributed by atoms with Crippen molar-refractivity contribution in [3.05, 3.63) is 46.0 Å². The third-order valence-corrected chi connectivity index (χ3v) is 4.86. The van der Waals surface area contributed by atoms with E-state index in [9.17, 15) is 5.11 Å². The summed E-state index contributed by atoms with van der Waals surface area (Å²) >= 11 is 1.47. The van der Waals surface area contributed by atoms with Gasteiger partial charge >= 0.3 is 0 Å². The van der Waals surface area contributed by atoms with Crippen LogP contribution in [0.5, 0.6) is 0 Å². The van der Waals surface area contributed by atoms with Gasteiger partial charge in [-0.3, -0.25) is 5.41 Å². The minimum Gasteiger partial charge on any atom is -0.510 e. The van der Waals surface area contributed by atoms with Crippen molar-refractivity contribution in [2.24, 2.45) is 0 Å². The molecule has 3 rings (SSSR count). The smallest absolute Gasteiger partial charge is 0.135 e. The van der Waals surface area contributed by atoms with Gasteiger partial charge in [-0.1, -0.05) is 0 Å². The Morgan fingerprint density at radius 1 is 1.55 bits per heavy atom. The maximum atomic E-state index is 10.2. The number of aliphatic hydroxyl groups is 1. The minimum atomic E-state index is 0.151. The van der Waals surface area contributed by atoms with Crippen LogP contribution < -0.4 is 0 Å². The molecule has 0 aromatic carbocycles. The molecule has 1 aliphatic rings. The fourth-order valence-electron chi connectivity index (χ4n) is 2.63. The summed E-state index contributed by atoms with van der Waals surface area (Å²) in [6.45, 7) is 4.37. The molecular formula is C16H19N3O2S. The third kappa shape index (κ3) is 2.78. The summed E-state index contributed by atoms with van der Waals surface area (Å²) in [5.41, 5.74) is 1.49. The zero-order valence-electron chi connectivity index (χ0n) is 12.7. The Morgan fingerprint density at radius 3 is 3.00 bits per heavy atom. The van der Waals surface area contributed by atoms with Crippen LogP contribution in [-0.2, 0) is 6.42 Å². The normalized spacial score (nSPS) is 16.6. The van der Waals surface area contributed by atoms with Gasteiger partial charge in [0, 0.05) is 23.5 Å². The van der Waals surface area contributed by atoms with Gasteiger partial charge in [0.1, 0.15) is 22.4 Å². The van der Waals surface area contributed by atoms with Gasteiger partial charge in [0.05, 0.1) is 18.4 Å². The highest BCUT2D eigenvalue weighted by Gasteiger charge is 2.32. The fourth-order valence-corrected chi connectivity index (χ4v) is 3.50. The van der Waals surface area contributed by atoms with Crippen LogP contribution in [0, 0.1) is 12.3 Å². The van der Waals surface area contributed by atoms with E-state index in [-0.39, 0.29) is 11.8 Å². The summed E-state index contributed by atoms with van der Waals surface area (Å²) in [5, 5.41) is 21.3. The summed E-state index contributed by atoms with van der Waals surface area (Å²) in [6.07, 6.45) is 3.37. The Balaban J connectivity index is 1.68. The average Bonchev–Trinajstić information content (AvgIpc) is 3.18. The summed E-state index contributed by atoms with van der Waals surface area (Å²) in [5.74, 6) is 1.55. The van der Waals surface area contributed by atoms with Crippen molar-refractivity contribution in [3.63, 3.8) is 0 Å². The van der Waals surface area contributed by atoms with Crippen LogP contribution >= 0.6 is 11.3 Å². The molecule has 0 saturated carbocycles. The molecule has 0 saturated heterocycles. The van der Waals surface area contributed by atoms with Crippen molar-refractivity contribution >= 4 is 22.7 Å². The number of aryl methyl sites for hydroxylation is 2. The second-order valence-corrected chi connectivity index (χ2v) is 6.42. The van der Waals surface area contributed by atoms with Gasteiger partial charge in [-0.2, -0.15) is 0 Å². The molecule has 6 heteroatoms. The van der Waals surface area contributed by atoms with Crippen molar-refractivity contribution in [2.75, 3.05) is 6.54 Å². The molecule has 116 valence electrons. The standard InChI is InChI=1S/C16H19N3O2S/c1-10-9-22-16(18-10)14-13(20)8-19(15(14)17)11(2)5-6-12-4-3-7-21-12/h3-4,7,9,11,17,20H,5-6,8H2,1-2H3/t11-/m1/s1. The van der Waals surface area contributed by atoms with E-state index in [0.717, 1.165) is 29.3 Å². The quantitative estimate of drug-likeness (QED) is 0.883. The lowest BCUT2D eigenvalue weighted by atomic mass is 10.1. The molecule has 0 unspecified atom stereocenters. The lowest BCUT2D eigenvalue weighted by Crippen LogP contribution is -2.35. The number of aliphatic hydroxyl groups excluding tert-OH is 1. The van der Waals surface area contributed by atoms with E-state index < -0.39 is 0 Å². The summed E-state index contributed by atoms with van der Waals surface area (Å²) in [7, 11) is 0. The van der Waals surface area contributed by atoms with Crippen LogP contribution in [0.4, 0.5) is 0 Å². The van der Waals surface area contributed by atoms with Gasteiger partial charge in [-0.05, 0) is 32.4 Å². The van der Waals surface area contributed by atoms with Crippen LogP contribution in [-0.4, -0.2) is 33.4 Å². The lowest BCUT2D eigenvalue weighted by Gasteiger charge is -2.26. The van der Waals surface area contributed by atoms with E-state index >= 15 is 0 Å². The highest BCUT2D eigenvalue weighted by atomic mass is 32.1. The first-order valence-electron chi connectivity index (χ1n) is 7.29. The highest BCUT2D eigenvalue weighted by molar-refractivity contribution is 7.11. The molecule has 0 aliphatic carbocycles. The van der Waals surface area contributed by atoms with Crippen molar-refractivity contribution in [3.8, 4) is 0 Å². The summed E-state index contributed by atoms with van der Waals surface area (Å²) < 4.78 is 5.35. The fraction of sp³-hybridized carbons (Fsp3) is 0.375. The first-order valence-corrected chi connectivity index (χ1v) is 8.16. The third-order valence-electron chi connectivity index (χ3n) is 3.89. The number of furan rings is 1. The largest absolute Gasteiger partial charge is 0.510 e. The average molecular weight is 317 g/mol. The summed E-state index contributed by atoms with van der Waals surface area (Å²) in [6, 6.07) is 3.99. The van der Waals surface area contributed by atoms with Crippen LogP contribution in [0.3, 0.4) is 0 Å². The first-order chi connectivity index (χ1) is 10.6. The van der Waals surface area contributed by atoms with Crippen LogP contribution in [0.25, 0.3) is 5.57 Å². The molecule has 2 aromatic rings. The molecule has 3 heterocycles. The number of nitrogens with one attached hydrogen (secondary N) is 1. The molecule has 0 amide bonds. The SMILES string of the molecule is Cc1csc(C2=C(O)CN([C@H](C)CCc3ccco3)C2=N)n1. The number of rotatable bonds is 5. The molecule has 0 radical (unpaired) electrons. The number of amidine groups is 1. The molecular weight excluding hydrogens is 298 g/mol. The summed E-state index contributed by atoms with van der Waals surface area (Å²) in [4.78, 5) is 6.31. The Labute approximate surface area is 133 Å². The molecule has 0 fully saturated rings. The number of hydrogen-bond acceptors (Lipinski definition) is 5. The van der Waals surface area contributed by atoms with Crippen molar-refractivity contribution < 1.29 is 9.52 Å². The number of thiazole rings is 1. The molecule has 1 atom stereocenters. The second kappa shape index (κ2) is 5.96. The Hall–Kier alpha value is -2.08. The highest BCUT2D eigenvalue weighted by Crippen LogP contribution is 2.31. The molecule has 22 heavy (non-hydrogen) atoms. The zero-order valence-corrected chi connectivity index (χ0v) is 13.5. The molecule has 0 spiro atoms. The van der Waals surface area contributed by atoms with Gasteiger partial charge in [0.2, 0.25) is 0 Å². The maximum Gasteiger partial charge on any atom is 0.135 e. The van der Waals surface area contributed by atoms with E-state index in [0.29, 0.717) is 18.0 Å².